The molecule has 2 N–H and O–H groups in total. The van der Waals surface area contributed by atoms with E-state index in [0.29, 0.717) is 36.7 Å². The predicted octanol–water partition coefficient (Wildman–Crippen LogP) is 6.70. The lowest BCUT2D eigenvalue weighted by molar-refractivity contribution is -0.133. The first-order valence-electron chi connectivity index (χ1n) is 16.7. The summed E-state index contributed by atoms with van der Waals surface area (Å²) in [5.74, 6) is -2.51. The number of aliphatic hydroxyl groups excluding tert-OH is 1. The van der Waals surface area contributed by atoms with Crippen molar-refractivity contribution in [1.29, 1.82) is 0 Å². The number of carbonyl (C=O) groups is 3. The van der Waals surface area contributed by atoms with Gasteiger partial charge in [0.15, 0.2) is 11.0 Å². The number of aromatic nitrogens is 1. The average molecular weight is 689 g/mol. The van der Waals surface area contributed by atoms with Crippen LogP contribution in [0.25, 0.3) is 0 Å². The summed E-state index contributed by atoms with van der Waals surface area (Å²) in [6.07, 6.45) is 6.61. The van der Waals surface area contributed by atoms with Crippen LogP contribution in [0, 0.1) is 28.5 Å². The van der Waals surface area contributed by atoms with Crippen LogP contribution in [0.1, 0.15) is 89.2 Å². The molecule has 2 spiro atoms. The second kappa shape index (κ2) is 13.0. The van der Waals surface area contributed by atoms with Gasteiger partial charge in [-0.15, -0.1) is 0 Å². The van der Waals surface area contributed by atoms with E-state index in [1.807, 2.05) is 6.07 Å². The second-order valence-electron chi connectivity index (χ2n) is 14.9. The number of ketones is 1. The number of aliphatic hydroxyl groups is 1. The lowest BCUT2D eigenvalue weighted by Gasteiger charge is -2.51. The van der Waals surface area contributed by atoms with Crippen LogP contribution in [0.3, 0.4) is 0 Å². The number of nitrogens with zero attached hydrogens (tertiary/aromatic N) is 2. The van der Waals surface area contributed by atoms with Gasteiger partial charge in [0.2, 0.25) is 11.8 Å². The highest BCUT2D eigenvalue weighted by atomic mass is 35.5. The SMILES string of the molecule is CC(=O)N(CCO)C[C@@H]1CC[C@@H](CC(=O)[C@@H]2CC3(CCC(C)(C)CC3)[C@@]3(C(=O)Nc4cc(Cl)ccc43)[C@H]2c2ccnc(Cl)c2F)CO1. The van der Waals surface area contributed by atoms with E-state index in [-0.39, 0.29) is 65.3 Å². The Bertz CT molecular complexity index is 1550. The molecule has 0 radical (unpaired) electrons. The van der Waals surface area contributed by atoms with Crippen molar-refractivity contribution in [2.75, 3.05) is 31.6 Å². The molecule has 4 aliphatic rings. The maximum atomic E-state index is 16.2. The Hall–Kier alpha value is -2.59. The summed E-state index contributed by atoms with van der Waals surface area (Å²) in [5, 5.41) is 12.6. The van der Waals surface area contributed by atoms with Crippen LogP contribution in [0.4, 0.5) is 10.1 Å². The third-order valence-corrected chi connectivity index (χ3v) is 12.2. The summed E-state index contributed by atoms with van der Waals surface area (Å²) in [4.78, 5) is 46.8. The molecule has 47 heavy (non-hydrogen) atoms. The van der Waals surface area contributed by atoms with Gasteiger partial charge in [-0.25, -0.2) is 9.37 Å². The molecular weight excluding hydrogens is 644 g/mol. The summed E-state index contributed by atoms with van der Waals surface area (Å²) in [6, 6.07) is 6.99. The molecule has 3 heterocycles. The van der Waals surface area contributed by atoms with E-state index in [1.54, 1.807) is 23.1 Å². The molecule has 8 nitrogen and oxygen atoms in total. The number of rotatable bonds is 8. The maximum absolute atomic E-state index is 16.2. The third-order valence-electron chi connectivity index (χ3n) is 11.7. The molecule has 254 valence electrons. The van der Waals surface area contributed by atoms with E-state index >= 15 is 4.39 Å². The van der Waals surface area contributed by atoms with Crippen molar-refractivity contribution in [2.45, 2.75) is 89.6 Å². The average Bonchev–Trinajstić information content (AvgIpc) is 3.48. The first kappa shape index (κ1) is 34.3. The first-order valence-corrected chi connectivity index (χ1v) is 17.5. The smallest absolute Gasteiger partial charge is 0.236 e. The number of benzene rings is 1. The molecule has 0 unspecified atom stereocenters. The molecule has 11 heteroatoms. The molecule has 1 aromatic heterocycles. The predicted molar refractivity (Wildman–Crippen MR) is 178 cm³/mol. The number of amides is 2. The van der Waals surface area contributed by atoms with E-state index in [1.165, 1.54) is 13.1 Å². The minimum absolute atomic E-state index is 0.00340. The van der Waals surface area contributed by atoms with Gasteiger partial charge < -0.3 is 20.1 Å². The number of hydrogen-bond donors (Lipinski definition) is 2. The Morgan fingerprint density at radius 2 is 1.89 bits per heavy atom. The number of hydrogen-bond acceptors (Lipinski definition) is 6. The number of carbonyl (C=O) groups excluding carboxylic acids is 3. The fourth-order valence-electron chi connectivity index (χ4n) is 9.24. The van der Waals surface area contributed by atoms with Crippen LogP contribution in [0.15, 0.2) is 30.5 Å². The number of ether oxygens (including phenoxy) is 1. The molecule has 2 saturated carbocycles. The van der Waals surface area contributed by atoms with Crippen LogP contribution in [-0.4, -0.2) is 65.0 Å². The number of fused-ring (bicyclic) bond motifs is 3. The molecule has 3 fully saturated rings. The number of pyridine rings is 1. The van der Waals surface area contributed by atoms with Gasteiger partial charge in [0, 0.05) is 55.2 Å². The standard InChI is InChI=1S/C36H44Cl2FN3O5/c1-21(44)42(14-15-43)19-24-6-4-22(20-47-24)16-29(45)26-18-35(11-9-34(2,3)10-12-35)36(30(26)25-8-13-40-32(38)31(25)39)27-7-5-23(37)17-28(27)41-33(36)46/h5,7-8,13,17,22,24,26,30,43H,4,6,9-12,14-16,18-20H2,1-3H3,(H,41,46)/t22-,24-,26-,30-,36+/m0/s1. The summed E-state index contributed by atoms with van der Waals surface area (Å²) in [5.41, 5.74) is -0.0875. The molecule has 2 amide bonds. The van der Waals surface area contributed by atoms with E-state index in [0.717, 1.165) is 37.7 Å². The maximum Gasteiger partial charge on any atom is 0.236 e. The summed E-state index contributed by atoms with van der Waals surface area (Å²) < 4.78 is 22.3. The third kappa shape index (κ3) is 6.00. The molecule has 6 rings (SSSR count). The van der Waals surface area contributed by atoms with Gasteiger partial charge in [-0.05, 0) is 91.0 Å². The van der Waals surface area contributed by atoms with Crippen molar-refractivity contribution in [1.82, 2.24) is 9.88 Å². The van der Waals surface area contributed by atoms with Crippen molar-refractivity contribution >= 4 is 46.5 Å². The van der Waals surface area contributed by atoms with Crippen LogP contribution in [-0.2, 0) is 24.5 Å². The highest BCUT2D eigenvalue weighted by Gasteiger charge is 2.72. The van der Waals surface area contributed by atoms with E-state index in [9.17, 15) is 19.5 Å². The molecule has 1 aromatic carbocycles. The lowest BCUT2D eigenvalue weighted by atomic mass is 9.51. The summed E-state index contributed by atoms with van der Waals surface area (Å²) in [6.45, 7) is 6.83. The molecule has 2 aromatic rings. The van der Waals surface area contributed by atoms with E-state index in [2.05, 4.69) is 24.1 Å². The Kier molecular flexibility index (Phi) is 9.50. The summed E-state index contributed by atoms with van der Waals surface area (Å²) >= 11 is 12.7. The van der Waals surface area contributed by atoms with Gasteiger partial charge in [-0.2, -0.15) is 0 Å². The first-order chi connectivity index (χ1) is 22.3. The molecular formula is C36H44Cl2FN3O5. The largest absolute Gasteiger partial charge is 0.395 e. The van der Waals surface area contributed by atoms with Crippen LogP contribution >= 0.6 is 23.2 Å². The molecule has 0 bridgehead atoms. The van der Waals surface area contributed by atoms with Crippen molar-refractivity contribution in [2.24, 2.45) is 22.7 Å². The fourth-order valence-corrected chi connectivity index (χ4v) is 9.58. The minimum Gasteiger partial charge on any atom is -0.395 e. The van der Waals surface area contributed by atoms with Crippen molar-refractivity contribution in [3.05, 3.63) is 57.6 Å². The zero-order valence-electron chi connectivity index (χ0n) is 27.3. The van der Waals surface area contributed by atoms with Gasteiger partial charge >= 0.3 is 0 Å². The number of Topliss-reactive ketones (excluding diaryl/α,β-unsaturated/α-hetero) is 1. The van der Waals surface area contributed by atoms with Gasteiger partial charge in [0.1, 0.15) is 5.78 Å². The zero-order chi connectivity index (χ0) is 33.7. The van der Waals surface area contributed by atoms with Gasteiger partial charge in [-0.1, -0.05) is 43.1 Å². The minimum atomic E-state index is -1.20. The Labute approximate surface area is 285 Å². The van der Waals surface area contributed by atoms with Gasteiger partial charge in [-0.3, -0.25) is 14.4 Å². The molecule has 2 aliphatic carbocycles. The van der Waals surface area contributed by atoms with Gasteiger partial charge in [0.25, 0.3) is 0 Å². The van der Waals surface area contributed by atoms with Crippen LogP contribution in [0.5, 0.6) is 0 Å². The van der Waals surface area contributed by atoms with Crippen molar-refractivity contribution in [3.8, 4) is 0 Å². The summed E-state index contributed by atoms with van der Waals surface area (Å²) in [7, 11) is 0. The van der Waals surface area contributed by atoms with Crippen molar-refractivity contribution < 1.29 is 28.6 Å². The molecule has 1 saturated heterocycles. The topological polar surface area (TPSA) is 109 Å². The van der Waals surface area contributed by atoms with Crippen LogP contribution < -0.4 is 5.32 Å². The highest BCUT2D eigenvalue weighted by molar-refractivity contribution is 6.31. The lowest BCUT2D eigenvalue weighted by Crippen LogP contribution is -2.52. The molecule has 2 aliphatic heterocycles. The number of halogens is 3. The van der Waals surface area contributed by atoms with Crippen LogP contribution in [0.2, 0.25) is 10.2 Å². The quantitative estimate of drug-likeness (QED) is 0.299. The van der Waals surface area contributed by atoms with E-state index < -0.39 is 28.5 Å². The Morgan fingerprint density at radius 3 is 2.55 bits per heavy atom. The Morgan fingerprint density at radius 1 is 1.15 bits per heavy atom. The monoisotopic (exact) mass is 687 g/mol. The zero-order valence-corrected chi connectivity index (χ0v) is 28.8. The Balaban J connectivity index is 1.36. The molecule has 5 atom stereocenters. The van der Waals surface area contributed by atoms with Crippen molar-refractivity contribution in [3.63, 3.8) is 0 Å². The number of anilines is 1. The fraction of sp³-hybridized carbons (Fsp3) is 0.611. The highest BCUT2D eigenvalue weighted by Crippen LogP contribution is 2.72. The second-order valence-corrected chi connectivity index (χ2v) is 15.7. The number of nitrogens with one attached hydrogen (secondary N) is 1. The van der Waals surface area contributed by atoms with E-state index in [4.69, 9.17) is 27.9 Å². The normalized spacial score (nSPS) is 29.1. The van der Waals surface area contributed by atoms with Gasteiger partial charge in [0.05, 0.1) is 24.7 Å².